The maximum atomic E-state index is 12.3. The molecule has 108 valence electrons. The molecule has 0 aliphatic heterocycles. The molecule has 1 aromatic rings. The zero-order chi connectivity index (χ0) is 14.7. The first-order chi connectivity index (χ1) is 9.52. The third-order valence-corrected chi connectivity index (χ3v) is 4.56. The molecule has 4 nitrogen and oxygen atoms in total. The summed E-state index contributed by atoms with van der Waals surface area (Å²) in [7, 11) is 0. The lowest BCUT2D eigenvalue weighted by Gasteiger charge is -2.18. The van der Waals surface area contributed by atoms with E-state index in [1.165, 1.54) is 0 Å². The van der Waals surface area contributed by atoms with Crippen LogP contribution in [0, 0.1) is 12.8 Å². The SMILES string of the molecule is CSc1ccc(C)c(C(=O)N[C@@H]2CCC[C@@H]2C(=O)O)c1. The van der Waals surface area contributed by atoms with Gasteiger partial charge in [0, 0.05) is 16.5 Å². The molecule has 1 aromatic carbocycles. The summed E-state index contributed by atoms with van der Waals surface area (Å²) in [4.78, 5) is 24.5. The number of aryl methyl sites for hydroxylation is 1. The zero-order valence-corrected chi connectivity index (χ0v) is 12.5. The molecule has 2 atom stereocenters. The highest BCUT2D eigenvalue weighted by molar-refractivity contribution is 7.98. The van der Waals surface area contributed by atoms with Crippen molar-refractivity contribution in [3.8, 4) is 0 Å². The van der Waals surface area contributed by atoms with Crippen molar-refractivity contribution in [1.82, 2.24) is 5.32 Å². The van der Waals surface area contributed by atoms with Gasteiger partial charge in [0.05, 0.1) is 5.92 Å². The summed E-state index contributed by atoms with van der Waals surface area (Å²) in [5, 5.41) is 12.0. The van der Waals surface area contributed by atoms with Crippen LogP contribution in [0.4, 0.5) is 0 Å². The highest BCUT2D eigenvalue weighted by Crippen LogP contribution is 2.26. The van der Waals surface area contributed by atoms with Crippen LogP contribution in [-0.2, 0) is 4.79 Å². The Morgan fingerprint density at radius 2 is 2.10 bits per heavy atom. The van der Waals surface area contributed by atoms with Crippen LogP contribution in [0.1, 0.15) is 35.2 Å². The minimum atomic E-state index is -0.817. The van der Waals surface area contributed by atoms with E-state index in [9.17, 15) is 9.59 Å². The Labute approximate surface area is 123 Å². The number of nitrogens with one attached hydrogen (secondary N) is 1. The lowest BCUT2D eigenvalue weighted by Crippen LogP contribution is -2.40. The molecular formula is C15H19NO3S. The third-order valence-electron chi connectivity index (χ3n) is 3.84. The Balaban J connectivity index is 2.14. The number of aliphatic carboxylic acids is 1. The molecule has 2 N–H and O–H groups in total. The summed E-state index contributed by atoms with van der Waals surface area (Å²) in [5.41, 5.74) is 1.54. The van der Waals surface area contributed by atoms with Crippen LogP contribution in [0.15, 0.2) is 23.1 Å². The van der Waals surface area contributed by atoms with E-state index < -0.39 is 11.9 Å². The fraction of sp³-hybridized carbons (Fsp3) is 0.467. The zero-order valence-electron chi connectivity index (χ0n) is 11.7. The predicted molar refractivity (Wildman–Crippen MR) is 79.2 cm³/mol. The van der Waals surface area contributed by atoms with Gasteiger partial charge in [-0.3, -0.25) is 9.59 Å². The molecule has 0 radical (unpaired) electrons. The van der Waals surface area contributed by atoms with Gasteiger partial charge in [-0.25, -0.2) is 0 Å². The van der Waals surface area contributed by atoms with Crippen LogP contribution in [0.5, 0.6) is 0 Å². The standard InChI is InChI=1S/C15H19NO3S/c1-9-6-7-10(20-2)8-12(9)14(17)16-13-5-3-4-11(13)15(18)19/h6-8,11,13H,3-5H2,1-2H3,(H,16,17)(H,18,19)/t11-,13+/m0/s1. The molecule has 20 heavy (non-hydrogen) atoms. The van der Waals surface area contributed by atoms with Crippen LogP contribution in [0.25, 0.3) is 0 Å². The second-order valence-electron chi connectivity index (χ2n) is 5.14. The van der Waals surface area contributed by atoms with Crippen LogP contribution in [-0.4, -0.2) is 29.3 Å². The monoisotopic (exact) mass is 293 g/mol. The van der Waals surface area contributed by atoms with Crippen molar-refractivity contribution in [3.63, 3.8) is 0 Å². The molecule has 1 amide bonds. The van der Waals surface area contributed by atoms with Crippen LogP contribution in [0.2, 0.25) is 0 Å². The van der Waals surface area contributed by atoms with Crippen molar-refractivity contribution in [2.75, 3.05) is 6.26 Å². The summed E-state index contributed by atoms with van der Waals surface area (Å²) in [5.74, 6) is -1.44. The Morgan fingerprint density at radius 1 is 1.35 bits per heavy atom. The number of hydrogen-bond acceptors (Lipinski definition) is 3. The van der Waals surface area contributed by atoms with E-state index in [4.69, 9.17) is 5.11 Å². The van der Waals surface area contributed by atoms with Gasteiger partial charge in [-0.2, -0.15) is 0 Å². The van der Waals surface area contributed by atoms with Gasteiger partial charge >= 0.3 is 5.97 Å². The Hall–Kier alpha value is -1.49. The van der Waals surface area contributed by atoms with E-state index >= 15 is 0 Å². The number of carboxylic acid groups (broad SMARTS) is 1. The van der Waals surface area contributed by atoms with Gasteiger partial charge < -0.3 is 10.4 Å². The Morgan fingerprint density at radius 3 is 2.75 bits per heavy atom. The summed E-state index contributed by atoms with van der Waals surface area (Å²) >= 11 is 1.58. The predicted octanol–water partition coefficient (Wildman–Crippen LogP) is 2.70. The first kappa shape index (κ1) is 14.9. The Kier molecular flexibility index (Phi) is 4.70. The minimum Gasteiger partial charge on any atom is -0.481 e. The van der Waals surface area contributed by atoms with Crippen molar-refractivity contribution in [1.29, 1.82) is 0 Å². The van der Waals surface area contributed by atoms with Gasteiger partial charge in [0.2, 0.25) is 0 Å². The molecule has 0 unspecified atom stereocenters. The molecule has 1 aliphatic carbocycles. The second kappa shape index (κ2) is 6.31. The molecule has 1 saturated carbocycles. The smallest absolute Gasteiger partial charge is 0.308 e. The van der Waals surface area contributed by atoms with Gasteiger partial charge in [-0.15, -0.1) is 11.8 Å². The third kappa shape index (κ3) is 3.15. The van der Waals surface area contributed by atoms with E-state index in [0.29, 0.717) is 12.0 Å². The first-order valence-corrected chi connectivity index (χ1v) is 7.93. The van der Waals surface area contributed by atoms with Gasteiger partial charge in [-0.1, -0.05) is 12.5 Å². The Bertz CT molecular complexity index is 530. The first-order valence-electron chi connectivity index (χ1n) is 6.71. The van der Waals surface area contributed by atoms with E-state index in [1.807, 2.05) is 31.4 Å². The molecule has 2 rings (SSSR count). The summed E-state index contributed by atoms with van der Waals surface area (Å²) in [6.45, 7) is 1.89. The van der Waals surface area contributed by atoms with E-state index in [0.717, 1.165) is 23.3 Å². The summed E-state index contributed by atoms with van der Waals surface area (Å²) in [6, 6.07) is 5.51. The van der Waals surface area contributed by atoms with Crippen molar-refractivity contribution in [2.24, 2.45) is 5.92 Å². The largest absolute Gasteiger partial charge is 0.481 e. The number of amides is 1. The second-order valence-corrected chi connectivity index (χ2v) is 6.02. The molecule has 0 spiro atoms. The number of rotatable bonds is 4. The average Bonchev–Trinajstić information content (AvgIpc) is 2.87. The summed E-state index contributed by atoms with van der Waals surface area (Å²) in [6.07, 6.45) is 4.20. The lowest BCUT2D eigenvalue weighted by molar-refractivity contribution is -0.142. The molecule has 5 heteroatoms. The molecule has 0 heterocycles. The van der Waals surface area contributed by atoms with Gasteiger partial charge in [-0.05, 0) is 43.7 Å². The maximum Gasteiger partial charge on any atom is 0.308 e. The molecule has 1 fully saturated rings. The number of carboxylic acids is 1. The topological polar surface area (TPSA) is 66.4 Å². The highest BCUT2D eigenvalue weighted by atomic mass is 32.2. The molecule has 0 saturated heterocycles. The molecular weight excluding hydrogens is 274 g/mol. The van der Waals surface area contributed by atoms with Gasteiger partial charge in [0.1, 0.15) is 0 Å². The van der Waals surface area contributed by atoms with Crippen LogP contribution in [0.3, 0.4) is 0 Å². The number of carbonyl (C=O) groups excluding carboxylic acids is 1. The summed E-state index contributed by atoms with van der Waals surface area (Å²) < 4.78 is 0. The lowest BCUT2D eigenvalue weighted by atomic mass is 10.0. The molecule has 1 aliphatic rings. The van der Waals surface area contributed by atoms with Crippen molar-refractivity contribution in [2.45, 2.75) is 37.1 Å². The number of thioether (sulfide) groups is 1. The number of benzene rings is 1. The minimum absolute atomic E-state index is 0.170. The van der Waals surface area contributed by atoms with E-state index in [-0.39, 0.29) is 11.9 Å². The normalized spacial score (nSPS) is 21.7. The molecule has 0 bridgehead atoms. The fourth-order valence-electron chi connectivity index (χ4n) is 2.65. The van der Waals surface area contributed by atoms with Crippen LogP contribution < -0.4 is 5.32 Å². The van der Waals surface area contributed by atoms with E-state index in [2.05, 4.69) is 5.32 Å². The quantitative estimate of drug-likeness (QED) is 0.838. The van der Waals surface area contributed by atoms with Crippen LogP contribution >= 0.6 is 11.8 Å². The van der Waals surface area contributed by atoms with Gasteiger partial charge in [0.25, 0.3) is 5.91 Å². The molecule has 0 aromatic heterocycles. The number of hydrogen-bond donors (Lipinski definition) is 2. The fourth-order valence-corrected chi connectivity index (χ4v) is 3.09. The van der Waals surface area contributed by atoms with Gasteiger partial charge in [0.15, 0.2) is 0 Å². The number of carbonyl (C=O) groups is 2. The van der Waals surface area contributed by atoms with E-state index in [1.54, 1.807) is 11.8 Å². The maximum absolute atomic E-state index is 12.3. The highest BCUT2D eigenvalue weighted by Gasteiger charge is 2.34. The van der Waals surface area contributed by atoms with Crippen molar-refractivity contribution in [3.05, 3.63) is 29.3 Å². The van der Waals surface area contributed by atoms with Crippen molar-refractivity contribution >= 4 is 23.6 Å². The van der Waals surface area contributed by atoms with Crippen molar-refractivity contribution < 1.29 is 14.7 Å². The average molecular weight is 293 g/mol.